The number of halogens is 2. The number of rotatable bonds is 2. The highest BCUT2D eigenvalue weighted by atomic mass is 19.2. The van der Waals surface area contributed by atoms with Crippen molar-refractivity contribution in [3.05, 3.63) is 12.2 Å². The Hall–Kier alpha value is -1.00. The summed E-state index contributed by atoms with van der Waals surface area (Å²) in [7, 11) is 1.57. The Labute approximate surface area is 63.0 Å². The first-order chi connectivity index (χ1) is 5.13. The SMILES string of the molecule is CC(F)C(F)c1nncn1C. The van der Waals surface area contributed by atoms with Crippen molar-refractivity contribution in [3.63, 3.8) is 0 Å². The molecule has 0 aliphatic carbocycles. The summed E-state index contributed by atoms with van der Waals surface area (Å²) in [6.45, 7) is 1.15. The van der Waals surface area contributed by atoms with Crippen LogP contribution in [0.2, 0.25) is 0 Å². The fraction of sp³-hybridized carbons (Fsp3) is 0.667. The second kappa shape index (κ2) is 2.94. The van der Waals surface area contributed by atoms with Gasteiger partial charge in [0.1, 0.15) is 12.5 Å². The van der Waals surface area contributed by atoms with Gasteiger partial charge in [0, 0.05) is 7.05 Å². The van der Waals surface area contributed by atoms with Gasteiger partial charge in [-0.25, -0.2) is 8.78 Å². The second-order valence-electron chi connectivity index (χ2n) is 2.38. The molecular formula is C6H9F2N3. The smallest absolute Gasteiger partial charge is 0.190 e. The molecule has 0 bridgehead atoms. The Balaban J connectivity index is 2.84. The molecule has 1 heterocycles. The van der Waals surface area contributed by atoms with E-state index in [1.165, 1.54) is 10.9 Å². The third kappa shape index (κ3) is 1.53. The lowest BCUT2D eigenvalue weighted by atomic mass is 10.2. The van der Waals surface area contributed by atoms with E-state index >= 15 is 0 Å². The van der Waals surface area contributed by atoms with Gasteiger partial charge in [-0.1, -0.05) is 0 Å². The summed E-state index contributed by atoms with van der Waals surface area (Å²) >= 11 is 0. The quantitative estimate of drug-likeness (QED) is 0.652. The minimum absolute atomic E-state index is 0.0278. The van der Waals surface area contributed by atoms with Crippen LogP contribution in [0.15, 0.2) is 6.33 Å². The van der Waals surface area contributed by atoms with E-state index < -0.39 is 12.3 Å². The van der Waals surface area contributed by atoms with E-state index in [0.29, 0.717) is 0 Å². The number of hydrogen-bond acceptors (Lipinski definition) is 2. The molecule has 0 aromatic carbocycles. The molecule has 1 aromatic rings. The number of alkyl halides is 2. The van der Waals surface area contributed by atoms with Gasteiger partial charge >= 0.3 is 0 Å². The third-order valence-corrected chi connectivity index (χ3v) is 1.40. The van der Waals surface area contributed by atoms with Crippen molar-refractivity contribution in [2.75, 3.05) is 0 Å². The number of aromatic nitrogens is 3. The van der Waals surface area contributed by atoms with Crippen LogP contribution in [0.1, 0.15) is 18.9 Å². The van der Waals surface area contributed by atoms with Gasteiger partial charge in [0.25, 0.3) is 0 Å². The van der Waals surface area contributed by atoms with E-state index in [1.54, 1.807) is 7.05 Å². The Bertz CT molecular complexity index is 233. The predicted molar refractivity (Wildman–Crippen MR) is 35.4 cm³/mol. The molecule has 0 saturated carbocycles. The molecule has 2 unspecified atom stereocenters. The summed E-state index contributed by atoms with van der Waals surface area (Å²) in [5, 5.41) is 6.87. The van der Waals surface area contributed by atoms with E-state index in [0.717, 1.165) is 6.92 Å². The van der Waals surface area contributed by atoms with Crippen LogP contribution >= 0.6 is 0 Å². The molecule has 0 N–H and O–H groups in total. The van der Waals surface area contributed by atoms with Gasteiger partial charge < -0.3 is 4.57 Å². The average molecular weight is 161 g/mol. The molecule has 3 nitrogen and oxygen atoms in total. The zero-order valence-corrected chi connectivity index (χ0v) is 6.33. The maximum absolute atomic E-state index is 12.9. The molecule has 0 radical (unpaired) electrons. The predicted octanol–water partition coefficient (Wildman–Crippen LogP) is 1.18. The fourth-order valence-electron chi connectivity index (χ4n) is 0.747. The zero-order chi connectivity index (χ0) is 8.43. The van der Waals surface area contributed by atoms with Gasteiger partial charge in [-0.3, -0.25) is 0 Å². The first-order valence-corrected chi connectivity index (χ1v) is 3.25. The summed E-state index contributed by atoms with van der Waals surface area (Å²) in [6.07, 6.45) is -1.88. The Morgan fingerprint density at radius 1 is 1.55 bits per heavy atom. The molecule has 62 valence electrons. The van der Waals surface area contributed by atoms with E-state index in [2.05, 4.69) is 10.2 Å². The fourth-order valence-corrected chi connectivity index (χ4v) is 0.747. The first kappa shape index (κ1) is 8.10. The van der Waals surface area contributed by atoms with E-state index in [-0.39, 0.29) is 5.82 Å². The van der Waals surface area contributed by atoms with E-state index in [1.807, 2.05) is 0 Å². The van der Waals surface area contributed by atoms with Crippen LogP contribution in [0, 0.1) is 0 Å². The van der Waals surface area contributed by atoms with Gasteiger partial charge in [-0.15, -0.1) is 10.2 Å². The zero-order valence-electron chi connectivity index (χ0n) is 6.33. The highest BCUT2D eigenvalue weighted by molar-refractivity contribution is 4.92. The standard InChI is InChI=1S/C6H9F2N3/c1-4(7)5(8)6-10-9-3-11(6)2/h3-5H,1-2H3. The molecule has 1 aromatic heterocycles. The van der Waals surface area contributed by atoms with Crippen molar-refractivity contribution in [2.24, 2.45) is 7.05 Å². The highest BCUT2D eigenvalue weighted by Gasteiger charge is 2.21. The molecule has 0 aliphatic heterocycles. The van der Waals surface area contributed by atoms with Crippen molar-refractivity contribution in [1.82, 2.24) is 14.8 Å². The van der Waals surface area contributed by atoms with Crippen LogP contribution in [-0.4, -0.2) is 20.9 Å². The molecule has 0 fully saturated rings. The Kier molecular flexibility index (Phi) is 2.16. The molecule has 5 heteroatoms. The van der Waals surface area contributed by atoms with Crippen molar-refractivity contribution in [1.29, 1.82) is 0 Å². The maximum atomic E-state index is 12.9. The minimum Gasteiger partial charge on any atom is -0.318 e. The number of nitrogens with zero attached hydrogens (tertiary/aromatic N) is 3. The van der Waals surface area contributed by atoms with E-state index in [4.69, 9.17) is 0 Å². The van der Waals surface area contributed by atoms with Crippen LogP contribution in [0.3, 0.4) is 0 Å². The molecular weight excluding hydrogens is 152 g/mol. The van der Waals surface area contributed by atoms with Gasteiger partial charge in [0.15, 0.2) is 12.0 Å². The molecule has 2 atom stereocenters. The molecule has 1 rings (SSSR count). The topological polar surface area (TPSA) is 30.7 Å². The first-order valence-electron chi connectivity index (χ1n) is 3.25. The summed E-state index contributed by atoms with van der Waals surface area (Å²) in [5.41, 5.74) is 0. The summed E-state index contributed by atoms with van der Waals surface area (Å²) in [5.74, 6) is 0.0278. The molecule has 11 heavy (non-hydrogen) atoms. The normalized spacial score (nSPS) is 16.4. The largest absolute Gasteiger partial charge is 0.318 e. The molecule has 0 amide bonds. The average Bonchev–Trinajstić information content (AvgIpc) is 2.33. The van der Waals surface area contributed by atoms with E-state index in [9.17, 15) is 8.78 Å². The van der Waals surface area contributed by atoms with Crippen molar-refractivity contribution in [2.45, 2.75) is 19.3 Å². The summed E-state index contributed by atoms with van der Waals surface area (Å²) < 4.78 is 26.6. The summed E-state index contributed by atoms with van der Waals surface area (Å²) in [6, 6.07) is 0. The number of hydrogen-bond donors (Lipinski definition) is 0. The van der Waals surface area contributed by atoms with Gasteiger partial charge in [0.05, 0.1) is 0 Å². The Morgan fingerprint density at radius 3 is 2.55 bits per heavy atom. The number of aryl methyl sites for hydroxylation is 1. The Morgan fingerprint density at radius 2 is 2.18 bits per heavy atom. The molecule has 0 spiro atoms. The van der Waals surface area contributed by atoms with Crippen molar-refractivity contribution >= 4 is 0 Å². The minimum atomic E-state index is -1.68. The van der Waals surface area contributed by atoms with Crippen LogP contribution < -0.4 is 0 Å². The van der Waals surface area contributed by atoms with Crippen molar-refractivity contribution < 1.29 is 8.78 Å². The highest BCUT2D eigenvalue weighted by Crippen LogP contribution is 2.20. The lowest BCUT2D eigenvalue weighted by Crippen LogP contribution is -2.10. The lowest BCUT2D eigenvalue weighted by molar-refractivity contribution is 0.173. The van der Waals surface area contributed by atoms with Crippen molar-refractivity contribution in [3.8, 4) is 0 Å². The molecule has 0 aliphatic rings. The van der Waals surface area contributed by atoms with Gasteiger partial charge in [-0.05, 0) is 6.92 Å². The lowest BCUT2D eigenvalue weighted by Gasteiger charge is -2.06. The van der Waals surface area contributed by atoms with Crippen LogP contribution in [0.4, 0.5) is 8.78 Å². The van der Waals surface area contributed by atoms with Gasteiger partial charge in [-0.2, -0.15) is 0 Å². The maximum Gasteiger partial charge on any atom is 0.190 e. The second-order valence-corrected chi connectivity index (χ2v) is 2.38. The third-order valence-electron chi connectivity index (χ3n) is 1.40. The van der Waals surface area contributed by atoms with Crippen LogP contribution in [0.5, 0.6) is 0 Å². The molecule has 0 saturated heterocycles. The van der Waals surface area contributed by atoms with Crippen LogP contribution in [0.25, 0.3) is 0 Å². The van der Waals surface area contributed by atoms with Gasteiger partial charge in [0.2, 0.25) is 0 Å². The summed E-state index contributed by atoms with van der Waals surface area (Å²) in [4.78, 5) is 0. The monoisotopic (exact) mass is 161 g/mol. The van der Waals surface area contributed by atoms with Crippen LogP contribution in [-0.2, 0) is 7.05 Å².